The minimum atomic E-state index is 0.0218. The molecule has 1 saturated heterocycles. The average molecular weight is 268 g/mol. The van der Waals surface area contributed by atoms with Gasteiger partial charge in [-0.05, 0) is 37.6 Å². The predicted molar refractivity (Wildman–Crippen MR) is 83.0 cm³/mol. The number of nitrogens with zero attached hydrogens (tertiary/aromatic N) is 1. The van der Waals surface area contributed by atoms with Gasteiger partial charge in [0.2, 0.25) is 0 Å². The number of carbonyl (C=O) groups excluding carboxylic acids is 1. The Morgan fingerprint density at radius 2 is 1.95 bits per heavy atom. The molecule has 2 aromatic rings. The molecule has 0 radical (unpaired) electrons. The summed E-state index contributed by atoms with van der Waals surface area (Å²) < 4.78 is 0. The van der Waals surface area contributed by atoms with Crippen molar-refractivity contribution in [2.24, 2.45) is 0 Å². The molecule has 2 aromatic carbocycles. The fourth-order valence-electron chi connectivity index (χ4n) is 2.92. The van der Waals surface area contributed by atoms with Crippen molar-refractivity contribution in [3.05, 3.63) is 42.5 Å². The van der Waals surface area contributed by atoms with Gasteiger partial charge in [-0.1, -0.05) is 36.4 Å². The molecule has 3 nitrogen and oxygen atoms in total. The lowest BCUT2D eigenvalue weighted by Gasteiger charge is -2.33. The minimum absolute atomic E-state index is 0.0218. The quantitative estimate of drug-likeness (QED) is 0.824. The van der Waals surface area contributed by atoms with Crippen LogP contribution in [0.5, 0.6) is 0 Å². The van der Waals surface area contributed by atoms with E-state index in [1.54, 1.807) is 0 Å². The van der Waals surface area contributed by atoms with E-state index in [0.29, 0.717) is 6.04 Å². The molecule has 0 unspecified atom stereocenters. The fourth-order valence-corrected chi connectivity index (χ4v) is 2.92. The molecule has 1 atom stereocenters. The summed E-state index contributed by atoms with van der Waals surface area (Å²) in [5.74, 6) is 0. The van der Waals surface area contributed by atoms with Crippen molar-refractivity contribution < 1.29 is 4.79 Å². The third-order valence-corrected chi connectivity index (χ3v) is 4.10. The maximum Gasteiger partial charge on any atom is 0.322 e. The van der Waals surface area contributed by atoms with Gasteiger partial charge in [0.1, 0.15) is 0 Å². The Hall–Kier alpha value is -2.03. The zero-order chi connectivity index (χ0) is 13.9. The maximum absolute atomic E-state index is 12.4. The summed E-state index contributed by atoms with van der Waals surface area (Å²) >= 11 is 0. The fraction of sp³-hybridized carbons (Fsp3) is 0.353. The van der Waals surface area contributed by atoms with Crippen molar-refractivity contribution in [2.75, 3.05) is 11.9 Å². The lowest BCUT2D eigenvalue weighted by atomic mass is 10.0. The van der Waals surface area contributed by atoms with Crippen molar-refractivity contribution >= 4 is 22.5 Å². The summed E-state index contributed by atoms with van der Waals surface area (Å²) in [5, 5.41) is 5.31. The van der Waals surface area contributed by atoms with Gasteiger partial charge in [-0.15, -0.1) is 0 Å². The highest BCUT2D eigenvalue weighted by molar-refractivity contribution is 6.01. The minimum Gasteiger partial charge on any atom is -0.322 e. The van der Waals surface area contributed by atoms with E-state index in [-0.39, 0.29) is 6.03 Å². The molecule has 3 heteroatoms. The highest BCUT2D eigenvalue weighted by Crippen LogP contribution is 2.24. The highest BCUT2D eigenvalue weighted by atomic mass is 16.2. The summed E-state index contributed by atoms with van der Waals surface area (Å²) in [7, 11) is 0. The Morgan fingerprint density at radius 1 is 1.15 bits per heavy atom. The number of carbonyl (C=O) groups is 1. The van der Waals surface area contributed by atoms with E-state index < -0.39 is 0 Å². The summed E-state index contributed by atoms with van der Waals surface area (Å²) in [6.45, 7) is 2.99. The van der Waals surface area contributed by atoms with Gasteiger partial charge in [-0.3, -0.25) is 0 Å². The van der Waals surface area contributed by atoms with Crippen molar-refractivity contribution in [1.82, 2.24) is 4.90 Å². The predicted octanol–water partition coefficient (Wildman–Crippen LogP) is 4.25. The van der Waals surface area contributed by atoms with E-state index in [1.807, 2.05) is 35.2 Å². The Balaban J connectivity index is 1.84. The molecule has 104 valence electrons. The van der Waals surface area contributed by atoms with Crippen LogP contribution in [0.25, 0.3) is 10.8 Å². The number of anilines is 1. The number of rotatable bonds is 1. The van der Waals surface area contributed by atoms with E-state index in [4.69, 9.17) is 0 Å². The van der Waals surface area contributed by atoms with Gasteiger partial charge in [0, 0.05) is 18.0 Å². The molecule has 1 aliphatic heterocycles. The van der Waals surface area contributed by atoms with Crippen LogP contribution in [0.15, 0.2) is 42.5 Å². The largest absolute Gasteiger partial charge is 0.322 e. The third kappa shape index (κ3) is 2.48. The molecule has 20 heavy (non-hydrogen) atoms. The molecule has 1 N–H and O–H groups in total. The van der Waals surface area contributed by atoms with Gasteiger partial charge in [0.25, 0.3) is 0 Å². The van der Waals surface area contributed by atoms with Gasteiger partial charge in [-0.2, -0.15) is 0 Å². The normalized spacial score (nSPS) is 19.1. The molecule has 3 rings (SSSR count). The van der Waals surface area contributed by atoms with E-state index in [9.17, 15) is 4.79 Å². The lowest BCUT2D eigenvalue weighted by Crippen LogP contribution is -2.44. The first-order valence-electron chi connectivity index (χ1n) is 7.31. The number of hydrogen-bond acceptors (Lipinski definition) is 1. The van der Waals surface area contributed by atoms with Gasteiger partial charge < -0.3 is 10.2 Å². The van der Waals surface area contributed by atoms with Crippen molar-refractivity contribution in [3.63, 3.8) is 0 Å². The number of benzene rings is 2. The zero-order valence-electron chi connectivity index (χ0n) is 11.8. The molecular formula is C17H20N2O. The van der Waals surface area contributed by atoms with E-state index >= 15 is 0 Å². The first kappa shape index (κ1) is 13.0. The summed E-state index contributed by atoms with van der Waals surface area (Å²) in [5.41, 5.74) is 0.894. The Bertz CT molecular complexity index is 618. The van der Waals surface area contributed by atoms with E-state index in [2.05, 4.69) is 24.4 Å². The molecule has 0 aromatic heterocycles. The van der Waals surface area contributed by atoms with Crippen molar-refractivity contribution in [1.29, 1.82) is 0 Å². The zero-order valence-corrected chi connectivity index (χ0v) is 11.8. The summed E-state index contributed by atoms with van der Waals surface area (Å²) in [6.07, 6.45) is 3.43. The molecule has 0 spiro atoms. The smallest absolute Gasteiger partial charge is 0.322 e. The van der Waals surface area contributed by atoms with Crippen molar-refractivity contribution in [2.45, 2.75) is 32.2 Å². The van der Waals surface area contributed by atoms with Crippen LogP contribution in [-0.2, 0) is 0 Å². The number of likely N-dealkylation sites (tertiary alicyclic amines) is 1. The second-order valence-electron chi connectivity index (χ2n) is 5.50. The third-order valence-electron chi connectivity index (χ3n) is 4.10. The number of fused-ring (bicyclic) bond motifs is 1. The molecule has 1 heterocycles. The van der Waals surface area contributed by atoms with Crippen LogP contribution < -0.4 is 5.32 Å². The monoisotopic (exact) mass is 268 g/mol. The molecule has 1 aliphatic rings. The maximum atomic E-state index is 12.4. The lowest BCUT2D eigenvalue weighted by molar-refractivity contribution is 0.170. The van der Waals surface area contributed by atoms with E-state index in [1.165, 1.54) is 6.42 Å². The van der Waals surface area contributed by atoms with Gasteiger partial charge in [0.15, 0.2) is 0 Å². The van der Waals surface area contributed by atoms with Gasteiger partial charge in [0.05, 0.1) is 5.69 Å². The number of nitrogens with one attached hydrogen (secondary N) is 1. The van der Waals surface area contributed by atoms with Crippen LogP contribution in [0, 0.1) is 0 Å². The Labute approximate surface area is 119 Å². The first-order valence-corrected chi connectivity index (χ1v) is 7.31. The number of hydrogen-bond donors (Lipinski definition) is 1. The molecule has 1 fully saturated rings. The van der Waals surface area contributed by atoms with Gasteiger partial charge >= 0.3 is 6.03 Å². The second kappa shape index (κ2) is 5.53. The number of urea groups is 1. The van der Waals surface area contributed by atoms with Crippen LogP contribution in [0.1, 0.15) is 26.2 Å². The number of piperidine rings is 1. The van der Waals surface area contributed by atoms with Crippen LogP contribution in [0.4, 0.5) is 10.5 Å². The molecule has 0 bridgehead atoms. The second-order valence-corrected chi connectivity index (χ2v) is 5.50. The molecule has 2 amide bonds. The van der Waals surface area contributed by atoms with E-state index in [0.717, 1.165) is 35.8 Å². The number of amides is 2. The van der Waals surface area contributed by atoms with Crippen LogP contribution in [-0.4, -0.2) is 23.5 Å². The summed E-state index contributed by atoms with van der Waals surface area (Å²) in [6, 6.07) is 14.5. The molecular weight excluding hydrogens is 248 g/mol. The first-order chi connectivity index (χ1) is 9.75. The van der Waals surface area contributed by atoms with Crippen molar-refractivity contribution in [3.8, 4) is 0 Å². The SMILES string of the molecule is C[C@@H]1CCCCN1C(=O)Nc1cccc2ccccc12. The Morgan fingerprint density at radius 3 is 2.80 bits per heavy atom. The topological polar surface area (TPSA) is 32.3 Å². The Kier molecular flexibility index (Phi) is 3.59. The average Bonchev–Trinajstić information content (AvgIpc) is 2.48. The standard InChI is InChI=1S/C17H20N2O/c1-13-7-4-5-12-19(13)17(20)18-16-11-6-9-14-8-2-3-10-15(14)16/h2-3,6,8-11,13H,4-5,7,12H2,1H3,(H,18,20)/t13-/m1/s1. The molecule has 0 aliphatic carbocycles. The van der Waals surface area contributed by atoms with Crippen LogP contribution in [0.2, 0.25) is 0 Å². The highest BCUT2D eigenvalue weighted by Gasteiger charge is 2.23. The van der Waals surface area contributed by atoms with Gasteiger partial charge in [-0.25, -0.2) is 4.79 Å². The van der Waals surface area contributed by atoms with Crippen LogP contribution in [0.3, 0.4) is 0 Å². The summed E-state index contributed by atoms with van der Waals surface area (Å²) in [4.78, 5) is 14.4. The molecule has 0 saturated carbocycles. The van der Waals surface area contributed by atoms with Crippen LogP contribution >= 0.6 is 0 Å².